The fourth-order valence-electron chi connectivity index (χ4n) is 5.49. The van der Waals surface area contributed by atoms with Gasteiger partial charge in [0.2, 0.25) is 5.75 Å². The monoisotopic (exact) mass is 550 g/mol. The van der Waals surface area contributed by atoms with Crippen molar-refractivity contribution < 1.29 is 42.8 Å². The zero-order valence-corrected chi connectivity index (χ0v) is 23.1. The van der Waals surface area contributed by atoms with Crippen LogP contribution in [0.4, 0.5) is 0 Å². The highest BCUT2D eigenvalue weighted by Crippen LogP contribution is 2.50. The first-order chi connectivity index (χ1) is 19.4. The average molecular weight is 551 g/mol. The molecule has 3 aliphatic rings. The minimum atomic E-state index is -0.536. The van der Waals surface area contributed by atoms with Crippen molar-refractivity contribution in [1.82, 2.24) is 0 Å². The number of rotatable bonds is 3. The molecular formula is C31H34O9. The van der Waals surface area contributed by atoms with Gasteiger partial charge in [0.05, 0.1) is 26.7 Å². The number of benzene rings is 2. The summed E-state index contributed by atoms with van der Waals surface area (Å²) in [4.78, 5) is 38.6. The lowest BCUT2D eigenvalue weighted by molar-refractivity contribution is -0.135. The normalized spacial score (nSPS) is 21.3. The first-order valence-corrected chi connectivity index (χ1v) is 13.7. The number of allylic oxidation sites excluding steroid dienone is 1. The van der Waals surface area contributed by atoms with Crippen LogP contribution in [0, 0.1) is 0 Å². The van der Waals surface area contributed by atoms with Gasteiger partial charge in [-0.3, -0.25) is 9.59 Å². The van der Waals surface area contributed by atoms with Crippen LogP contribution in [-0.4, -0.2) is 51.3 Å². The van der Waals surface area contributed by atoms with Crippen molar-refractivity contribution in [3.63, 3.8) is 0 Å². The maximum atomic E-state index is 13.6. The fraction of sp³-hybridized carbons (Fsp3) is 0.452. The second kappa shape index (κ2) is 12.0. The second-order valence-electron chi connectivity index (χ2n) is 10.2. The van der Waals surface area contributed by atoms with Crippen LogP contribution < -0.4 is 23.7 Å². The van der Waals surface area contributed by atoms with Crippen LogP contribution in [-0.2, 0) is 14.3 Å². The Balaban J connectivity index is 1.65. The van der Waals surface area contributed by atoms with Crippen molar-refractivity contribution in [3.8, 4) is 28.7 Å². The number of carbonyl (C=O) groups is 3. The van der Waals surface area contributed by atoms with Crippen molar-refractivity contribution >= 4 is 23.8 Å². The number of hydrogen-bond donors (Lipinski definition) is 0. The molecule has 40 heavy (non-hydrogen) atoms. The lowest BCUT2D eigenvalue weighted by Gasteiger charge is -2.30. The van der Waals surface area contributed by atoms with Crippen molar-refractivity contribution in [1.29, 1.82) is 0 Å². The molecule has 3 heterocycles. The van der Waals surface area contributed by atoms with Crippen LogP contribution in [0.2, 0.25) is 0 Å². The molecule has 0 saturated carbocycles. The molecular weight excluding hydrogens is 516 g/mol. The molecule has 0 aliphatic carbocycles. The van der Waals surface area contributed by atoms with Gasteiger partial charge in [-0.15, -0.1) is 0 Å². The lowest BCUT2D eigenvalue weighted by Crippen LogP contribution is -2.24. The Morgan fingerprint density at radius 2 is 1.73 bits per heavy atom. The van der Waals surface area contributed by atoms with Gasteiger partial charge in [-0.1, -0.05) is 12.2 Å². The van der Waals surface area contributed by atoms with Gasteiger partial charge in [0.15, 0.2) is 11.5 Å². The third-order valence-electron chi connectivity index (χ3n) is 7.41. The average Bonchev–Trinajstić information content (AvgIpc) is 2.94. The van der Waals surface area contributed by atoms with Crippen LogP contribution in [0.1, 0.15) is 84.8 Å². The quantitative estimate of drug-likeness (QED) is 0.367. The van der Waals surface area contributed by atoms with Gasteiger partial charge in [0, 0.05) is 24.3 Å². The van der Waals surface area contributed by atoms with Crippen LogP contribution in [0.3, 0.4) is 0 Å². The molecule has 0 spiro atoms. The summed E-state index contributed by atoms with van der Waals surface area (Å²) in [6.07, 6.45) is 6.94. The number of Topliss-reactive ketones (excluding diaryl/α,β-unsaturated/α-hetero) is 1. The minimum absolute atomic E-state index is 0.0280. The highest BCUT2D eigenvalue weighted by molar-refractivity contribution is 5.99. The van der Waals surface area contributed by atoms with Gasteiger partial charge in [0.1, 0.15) is 36.1 Å². The Labute approximate surface area is 233 Å². The molecule has 0 unspecified atom stereocenters. The van der Waals surface area contributed by atoms with Crippen LogP contribution in [0.15, 0.2) is 24.3 Å². The highest BCUT2D eigenvalue weighted by Gasteiger charge is 2.37. The molecule has 2 atom stereocenters. The molecule has 0 saturated heterocycles. The van der Waals surface area contributed by atoms with E-state index in [0.29, 0.717) is 85.2 Å². The second-order valence-corrected chi connectivity index (χ2v) is 10.2. The zero-order chi connectivity index (χ0) is 28.2. The van der Waals surface area contributed by atoms with Crippen molar-refractivity contribution in [2.75, 3.05) is 27.4 Å². The van der Waals surface area contributed by atoms with Gasteiger partial charge >= 0.3 is 11.9 Å². The Bertz CT molecular complexity index is 1330. The van der Waals surface area contributed by atoms with Gasteiger partial charge in [-0.05, 0) is 61.9 Å². The summed E-state index contributed by atoms with van der Waals surface area (Å²) < 4.78 is 34.6. The smallest absolute Gasteiger partial charge is 0.342 e. The summed E-state index contributed by atoms with van der Waals surface area (Å²) in [6, 6.07) is 5.33. The number of ether oxygens (including phenoxy) is 6. The first-order valence-electron chi connectivity index (χ1n) is 13.7. The van der Waals surface area contributed by atoms with E-state index in [9.17, 15) is 14.4 Å². The van der Waals surface area contributed by atoms with E-state index in [2.05, 4.69) is 0 Å². The number of carbonyl (C=O) groups excluding carboxylic acids is 3. The van der Waals surface area contributed by atoms with E-state index in [4.69, 9.17) is 28.4 Å². The standard InChI is InChI=1S/C31H34O9/c1-18-8-7-11-21(32)10-6-4-5-9-19-14-23-28(30(36-3)27(19)31(34)39-18)22(17-26(33)40-23)20-15-24(35-2)29-25(16-20)37-12-13-38-29/h5,9,14-16,18,22H,4,6-8,10-13,17H2,1-3H3/t18-,22+/m1/s1. The van der Waals surface area contributed by atoms with Crippen molar-refractivity contribution in [3.05, 3.63) is 46.5 Å². The molecule has 0 bridgehead atoms. The Kier molecular flexibility index (Phi) is 8.28. The molecule has 0 fully saturated rings. The number of hydrogen-bond acceptors (Lipinski definition) is 9. The van der Waals surface area contributed by atoms with Crippen molar-refractivity contribution in [2.45, 2.75) is 63.9 Å². The van der Waals surface area contributed by atoms with E-state index in [-0.39, 0.29) is 17.8 Å². The highest BCUT2D eigenvalue weighted by atomic mass is 16.6. The molecule has 0 amide bonds. The van der Waals surface area contributed by atoms with Crippen LogP contribution in [0.5, 0.6) is 28.7 Å². The van der Waals surface area contributed by atoms with E-state index in [1.165, 1.54) is 7.11 Å². The van der Waals surface area contributed by atoms with Gasteiger partial charge < -0.3 is 28.4 Å². The van der Waals surface area contributed by atoms with E-state index in [0.717, 1.165) is 12.0 Å². The largest absolute Gasteiger partial charge is 0.495 e. The summed E-state index contributed by atoms with van der Waals surface area (Å²) in [7, 11) is 3.04. The minimum Gasteiger partial charge on any atom is -0.495 e. The summed E-state index contributed by atoms with van der Waals surface area (Å²) >= 11 is 0. The molecule has 2 aromatic carbocycles. The summed E-state index contributed by atoms with van der Waals surface area (Å²) in [5, 5.41) is 0. The van der Waals surface area contributed by atoms with Crippen LogP contribution in [0.25, 0.3) is 6.08 Å². The van der Waals surface area contributed by atoms with Gasteiger partial charge in [-0.25, -0.2) is 4.79 Å². The fourth-order valence-corrected chi connectivity index (χ4v) is 5.49. The van der Waals surface area contributed by atoms with Gasteiger partial charge in [0.25, 0.3) is 0 Å². The summed E-state index contributed by atoms with van der Waals surface area (Å²) in [5.74, 6) is 0.890. The van der Waals surface area contributed by atoms with E-state index < -0.39 is 24.0 Å². The molecule has 2 aromatic rings. The SMILES string of the molecule is COc1cc([C@@H]2CC(=O)Oc3cc4c(c(OC)c32)C(=O)O[C@H](C)CCCC(=O)CCCC=C4)cc2c1OCCO2. The Hall–Kier alpha value is -4.01. The molecule has 0 N–H and O–H groups in total. The predicted octanol–water partition coefficient (Wildman–Crippen LogP) is 5.40. The number of esters is 2. The summed E-state index contributed by atoms with van der Waals surface area (Å²) in [6.45, 7) is 2.62. The molecule has 5 rings (SSSR count). The lowest BCUT2D eigenvalue weighted by atomic mass is 9.83. The Morgan fingerprint density at radius 3 is 2.52 bits per heavy atom. The molecule has 212 valence electrons. The summed E-state index contributed by atoms with van der Waals surface area (Å²) in [5.41, 5.74) is 2.10. The Morgan fingerprint density at radius 1 is 0.925 bits per heavy atom. The van der Waals surface area contributed by atoms with E-state index in [1.54, 1.807) is 19.3 Å². The third kappa shape index (κ3) is 5.64. The molecule has 0 radical (unpaired) electrons. The maximum absolute atomic E-state index is 13.6. The predicted molar refractivity (Wildman–Crippen MR) is 146 cm³/mol. The molecule has 3 aliphatic heterocycles. The number of methoxy groups -OCH3 is 2. The first kappa shape index (κ1) is 27.6. The molecule has 9 nitrogen and oxygen atoms in total. The van der Waals surface area contributed by atoms with Crippen molar-refractivity contribution in [2.24, 2.45) is 0 Å². The number of fused-ring (bicyclic) bond motifs is 3. The number of cyclic esters (lactones) is 1. The topological polar surface area (TPSA) is 107 Å². The van der Waals surface area contributed by atoms with E-state index >= 15 is 0 Å². The zero-order valence-electron chi connectivity index (χ0n) is 23.1. The maximum Gasteiger partial charge on any atom is 0.342 e. The molecule has 0 aromatic heterocycles. The third-order valence-corrected chi connectivity index (χ3v) is 7.41. The number of ketones is 1. The van der Waals surface area contributed by atoms with E-state index in [1.807, 2.05) is 25.1 Å². The van der Waals surface area contributed by atoms with Crippen LogP contribution >= 0.6 is 0 Å². The van der Waals surface area contributed by atoms with Gasteiger partial charge in [-0.2, -0.15) is 0 Å². The molecule has 9 heteroatoms.